The molecule has 0 fully saturated rings. The lowest BCUT2D eigenvalue weighted by molar-refractivity contribution is -0.107. The molecule has 1 nitrogen and oxygen atoms in total. The Morgan fingerprint density at radius 1 is 2.00 bits per heavy atom. The molecule has 0 aromatic heterocycles. The molecule has 0 radical (unpaired) electrons. The van der Waals surface area contributed by atoms with E-state index in [2.05, 4.69) is 0 Å². The topological polar surface area (TPSA) is 17.1 Å². The van der Waals surface area contributed by atoms with Gasteiger partial charge in [-0.2, -0.15) is 0 Å². The number of hydrogen-bond donors (Lipinski definition) is 0. The van der Waals surface area contributed by atoms with Crippen LogP contribution in [0.2, 0.25) is 0 Å². The standard InChI is InChI=1S/C3H5ClO/c1-3(4)2-5/h2-3H,1H3/t3-/m0/s1. The highest BCUT2D eigenvalue weighted by atomic mass is 35.5. The van der Waals surface area contributed by atoms with Crippen LogP contribution in [0.15, 0.2) is 0 Å². The van der Waals surface area contributed by atoms with E-state index < -0.39 is 0 Å². The van der Waals surface area contributed by atoms with Crippen molar-refractivity contribution in [1.82, 2.24) is 0 Å². The minimum atomic E-state index is -0.324. The Bertz CT molecular complexity index is 33.9. The van der Waals surface area contributed by atoms with E-state index in [1.54, 1.807) is 6.92 Å². The third kappa shape index (κ3) is 3.96. The molecule has 0 rings (SSSR count). The summed E-state index contributed by atoms with van der Waals surface area (Å²) in [5.41, 5.74) is 0. The van der Waals surface area contributed by atoms with Gasteiger partial charge in [0.05, 0.1) is 5.38 Å². The van der Waals surface area contributed by atoms with Crippen molar-refractivity contribution in [2.24, 2.45) is 0 Å². The predicted octanol–water partition coefficient (Wildman–Crippen LogP) is 0.813. The van der Waals surface area contributed by atoms with Crippen LogP contribution < -0.4 is 0 Å². The Labute approximate surface area is 35.9 Å². The number of halogens is 1. The van der Waals surface area contributed by atoms with Crippen LogP contribution in [0.1, 0.15) is 6.92 Å². The molecule has 0 unspecified atom stereocenters. The average Bonchev–Trinajstić information content (AvgIpc) is 1.38. The zero-order chi connectivity index (χ0) is 4.28. The molecule has 0 N–H and O–H groups in total. The molecule has 0 aliphatic heterocycles. The first-order valence-corrected chi connectivity index (χ1v) is 1.80. The van der Waals surface area contributed by atoms with Gasteiger partial charge in [-0.05, 0) is 6.92 Å². The second kappa shape index (κ2) is 2.21. The van der Waals surface area contributed by atoms with Gasteiger partial charge in [-0.25, -0.2) is 0 Å². The molecule has 1 atom stereocenters. The Balaban J connectivity index is 2.83. The number of hydrogen-bond acceptors (Lipinski definition) is 1. The van der Waals surface area contributed by atoms with E-state index in [1.165, 1.54) is 0 Å². The first kappa shape index (κ1) is 4.96. The van der Waals surface area contributed by atoms with Crippen molar-refractivity contribution in [3.63, 3.8) is 0 Å². The highest BCUT2D eigenvalue weighted by molar-refractivity contribution is 6.27. The van der Waals surface area contributed by atoms with Crippen molar-refractivity contribution in [2.45, 2.75) is 12.3 Å². The lowest BCUT2D eigenvalue weighted by Gasteiger charge is -1.75. The largest absolute Gasteiger partial charge is 0.302 e. The third-order valence-electron chi connectivity index (χ3n) is 0.188. The first-order chi connectivity index (χ1) is 2.27. The van der Waals surface area contributed by atoms with Gasteiger partial charge in [0, 0.05) is 0 Å². The van der Waals surface area contributed by atoms with Gasteiger partial charge in [-0.3, -0.25) is 0 Å². The van der Waals surface area contributed by atoms with E-state index in [4.69, 9.17) is 11.6 Å². The monoisotopic (exact) mass is 92.0 g/mol. The number of rotatable bonds is 1. The highest BCUT2D eigenvalue weighted by Gasteiger charge is 1.83. The van der Waals surface area contributed by atoms with E-state index >= 15 is 0 Å². The lowest BCUT2D eigenvalue weighted by Crippen LogP contribution is -1.86. The van der Waals surface area contributed by atoms with Crippen LogP contribution in [0.25, 0.3) is 0 Å². The fourth-order valence-electron chi connectivity index (χ4n) is 0. The van der Waals surface area contributed by atoms with Crippen LogP contribution in [-0.2, 0) is 4.79 Å². The van der Waals surface area contributed by atoms with E-state index in [0.717, 1.165) is 0 Å². The average molecular weight is 92.5 g/mol. The van der Waals surface area contributed by atoms with E-state index in [9.17, 15) is 4.79 Å². The van der Waals surface area contributed by atoms with Crippen molar-refractivity contribution >= 4 is 17.9 Å². The molecule has 0 aromatic rings. The maximum absolute atomic E-state index is 9.37. The van der Waals surface area contributed by atoms with E-state index in [1.807, 2.05) is 0 Å². The van der Waals surface area contributed by atoms with Crippen LogP contribution >= 0.6 is 11.6 Å². The van der Waals surface area contributed by atoms with Gasteiger partial charge < -0.3 is 4.79 Å². The van der Waals surface area contributed by atoms with Gasteiger partial charge in [0.25, 0.3) is 0 Å². The molecule has 0 spiro atoms. The molecule has 0 saturated heterocycles. The molecule has 0 heterocycles. The third-order valence-corrected chi connectivity index (χ3v) is 0.290. The molecule has 0 saturated carbocycles. The molecule has 0 amide bonds. The molecule has 0 aliphatic carbocycles. The van der Waals surface area contributed by atoms with Crippen LogP contribution in [0.5, 0.6) is 0 Å². The molecular formula is C3H5ClO. The highest BCUT2D eigenvalue weighted by Crippen LogP contribution is 1.82. The molecule has 30 valence electrons. The number of aldehydes is 1. The molecule has 0 bridgehead atoms. The summed E-state index contributed by atoms with van der Waals surface area (Å²) in [6.07, 6.45) is 0.682. The van der Waals surface area contributed by atoms with Gasteiger partial charge >= 0.3 is 0 Å². The smallest absolute Gasteiger partial charge is 0.137 e. The Hall–Kier alpha value is -0.0400. The normalized spacial score (nSPS) is 14.0. The zero-order valence-corrected chi connectivity index (χ0v) is 3.70. The van der Waals surface area contributed by atoms with Gasteiger partial charge in [0.2, 0.25) is 0 Å². The Morgan fingerprint density at radius 2 is 2.20 bits per heavy atom. The summed E-state index contributed by atoms with van der Waals surface area (Å²) < 4.78 is 0. The quantitative estimate of drug-likeness (QED) is 0.346. The second-order valence-electron chi connectivity index (χ2n) is 0.814. The lowest BCUT2D eigenvalue weighted by atomic mass is 10.6. The van der Waals surface area contributed by atoms with Crippen molar-refractivity contribution in [3.8, 4) is 0 Å². The summed E-state index contributed by atoms with van der Waals surface area (Å²) in [7, 11) is 0. The maximum atomic E-state index is 9.37. The van der Waals surface area contributed by atoms with Gasteiger partial charge in [-0.1, -0.05) is 0 Å². The van der Waals surface area contributed by atoms with Crippen molar-refractivity contribution in [2.75, 3.05) is 0 Å². The SMILES string of the molecule is C[C@H](Cl)C=O. The minimum Gasteiger partial charge on any atom is -0.302 e. The van der Waals surface area contributed by atoms with Crippen molar-refractivity contribution < 1.29 is 4.79 Å². The second-order valence-corrected chi connectivity index (χ2v) is 1.50. The molecule has 5 heavy (non-hydrogen) atoms. The van der Waals surface area contributed by atoms with Gasteiger partial charge in [-0.15, -0.1) is 11.6 Å². The minimum absolute atomic E-state index is 0.324. The van der Waals surface area contributed by atoms with Crippen LogP contribution in [0.4, 0.5) is 0 Å². The van der Waals surface area contributed by atoms with Gasteiger partial charge in [0.1, 0.15) is 6.29 Å². The molecule has 0 aromatic carbocycles. The van der Waals surface area contributed by atoms with E-state index in [-0.39, 0.29) is 5.38 Å². The number of carbonyl (C=O) groups is 1. The summed E-state index contributed by atoms with van der Waals surface area (Å²) in [6.45, 7) is 1.62. The summed E-state index contributed by atoms with van der Waals surface area (Å²) in [5, 5.41) is -0.324. The number of alkyl halides is 1. The molecule has 2 heteroatoms. The van der Waals surface area contributed by atoms with Gasteiger partial charge in [0.15, 0.2) is 0 Å². The fourth-order valence-corrected chi connectivity index (χ4v) is 0. The van der Waals surface area contributed by atoms with Crippen LogP contribution in [0, 0.1) is 0 Å². The Morgan fingerprint density at radius 3 is 2.20 bits per heavy atom. The van der Waals surface area contributed by atoms with E-state index in [0.29, 0.717) is 6.29 Å². The summed E-state index contributed by atoms with van der Waals surface area (Å²) in [6, 6.07) is 0. The number of carbonyl (C=O) groups excluding carboxylic acids is 1. The summed E-state index contributed by atoms with van der Waals surface area (Å²) in [5.74, 6) is 0. The fraction of sp³-hybridized carbons (Fsp3) is 0.667. The summed E-state index contributed by atoms with van der Waals surface area (Å²) >= 11 is 5.09. The van der Waals surface area contributed by atoms with Crippen molar-refractivity contribution in [1.29, 1.82) is 0 Å². The summed E-state index contributed by atoms with van der Waals surface area (Å²) in [4.78, 5) is 9.37. The molecule has 0 aliphatic rings. The Kier molecular flexibility index (Phi) is 2.19. The predicted molar refractivity (Wildman–Crippen MR) is 21.4 cm³/mol. The molecular weight excluding hydrogens is 87.5 g/mol. The maximum Gasteiger partial charge on any atom is 0.137 e. The van der Waals surface area contributed by atoms with Crippen molar-refractivity contribution in [3.05, 3.63) is 0 Å². The van der Waals surface area contributed by atoms with Crippen LogP contribution in [0.3, 0.4) is 0 Å². The zero-order valence-electron chi connectivity index (χ0n) is 2.94. The van der Waals surface area contributed by atoms with Crippen LogP contribution in [-0.4, -0.2) is 11.7 Å². The first-order valence-electron chi connectivity index (χ1n) is 1.36.